The van der Waals surface area contributed by atoms with Crippen LogP contribution >= 0.6 is 0 Å². The molecule has 0 amide bonds. The van der Waals surface area contributed by atoms with Crippen LogP contribution in [-0.4, -0.2) is 30.6 Å². The molecule has 4 aliphatic heterocycles. The highest BCUT2D eigenvalue weighted by Crippen LogP contribution is 2.47. The molecule has 4 aliphatic rings. The summed E-state index contributed by atoms with van der Waals surface area (Å²) in [5.74, 6) is 1.76. The van der Waals surface area contributed by atoms with Gasteiger partial charge in [-0.2, -0.15) is 0 Å². The van der Waals surface area contributed by atoms with Gasteiger partial charge in [-0.25, -0.2) is 0 Å². The number of ether oxygens (including phenoxy) is 1. The van der Waals surface area contributed by atoms with E-state index in [0.717, 1.165) is 23.9 Å². The van der Waals surface area contributed by atoms with E-state index in [9.17, 15) is 0 Å². The standard InChI is InChI=1S/C20H23N3O/c21-16-7-5-15(6-8-16)20-23(17-3-1-2-4-19(17)24-20)18-13-22-11-9-14(18)10-12-22/h1-8,14,18,20H,9-13,21H2. The summed E-state index contributed by atoms with van der Waals surface area (Å²) in [4.78, 5) is 5.13. The predicted octanol–water partition coefficient (Wildman–Crippen LogP) is 3.26. The van der Waals surface area contributed by atoms with Crippen molar-refractivity contribution in [3.8, 4) is 5.75 Å². The van der Waals surface area contributed by atoms with Crippen LogP contribution in [0, 0.1) is 5.92 Å². The van der Waals surface area contributed by atoms with E-state index >= 15 is 0 Å². The van der Waals surface area contributed by atoms with Crippen molar-refractivity contribution in [1.82, 2.24) is 4.90 Å². The molecule has 2 aromatic carbocycles. The Bertz CT molecular complexity index is 737. The van der Waals surface area contributed by atoms with Gasteiger partial charge in [-0.15, -0.1) is 0 Å². The van der Waals surface area contributed by atoms with Crippen molar-refractivity contribution >= 4 is 11.4 Å². The van der Waals surface area contributed by atoms with Crippen LogP contribution in [0.4, 0.5) is 11.4 Å². The number of anilines is 2. The number of benzene rings is 2. The van der Waals surface area contributed by atoms with E-state index in [2.05, 4.69) is 46.2 Å². The molecule has 4 heteroatoms. The van der Waals surface area contributed by atoms with E-state index in [1.165, 1.54) is 37.2 Å². The molecule has 2 unspecified atom stereocenters. The molecule has 0 radical (unpaired) electrons. The second-order valence-electron chi connectivity index (χ2n) is 7.22. The SMILES string of the molecule is Nc1ccc(C2Oc3ccccc3N2C2CN3CCC2CC3)cc1. The molecule has 3 fully saturated rings. The van der Waals surface area contributed by atoms with Gasteiger partial charge in [0.25, 0.3) is 0 Å². The van der Waals surface area contributed by atoms with E-state index in [1.54, 1.807) is 0 Å². The van der Waals surface area contributed by atoms with Gasteiger partial charge in [-0.05, 0) is 56.1 Å². The fraction of sp³-hybridized carbons (Fsp3) is 0.400. The van der Waals surface area contributed by atoms with E-state index < -0.39 is 0 Å². The van der Waals surface area contributed by atoms with Gasteiger partial charge in [0.1, 0.15) is 5.75 Å². The summed E-state index contributed by atoms with van der Waals surface area (Å²) >= 11 is 0. The molecular formula is C20H23N3O. The minimum Gasteiger partial charge on any atom is -0.464 e. The van der Waals surface area contributed by atoms with Crippen LogP contribution in [0.1, 0.15) is 24.6 Å². The van der Waals surface area contributed by atoms with Crippen LogP contribution < -0.4 is 15.4 Å². The molecule has 2 atom stereocenters. The molecule has 2 bridgehead atoms. The summed E-state index contributed by atoms with van der Waals surface area (Å²) in [5, 5.41) is 0. The molecule has 4 nitrogen and oxygen atoms in total. The number of hydrogen-bond donors (Lipinski definition) is 1. The minimum absolute atomic E-state index is 0.0476. The van der Waals surface area contributed by atoms with Gasteiger partial charge in [0.2, 0.25) is 0 Å². The Morgan fingerprint density at radius 3 is 2.42 bits per heavy atom. The summed E-state index contributed by atoms with van der Waals surface area (Å²) in [7, 11) is 0. The summed E-state index contributed by atoms with van der Waals surface area (Å²) in [6, 6.07) is 17.1. The van der Waals surface area contributed by atoms with Crippen molar-refractivity contribution in [2.75, 3.05) is 30.3 Å². The summed E-state index contributed by atoms with van der Waals surface area (Å²) in [6.45, 7) is 3.65. The van der Waals surface area contributed by atoms with Crippen LogP contribution in [0.25, 0.3) is 0 Å². The van der Waals surface area contributed by atoms with Gasteiger partial charge in [0.15, 0.2) is 6.23 Å². The molecule has 2 N–H and O–H groups in total. The lowest BCUT2D eigenvalue weighted by molar-refractivity contribution is 0.0700. The van der Waals surface area contributed by atoms with Crippen molar-refractivity contribution in [2.45, 2.75) is 25.1 Å². The summed E-state index contributed by atoms with van der Waals surface area (Å²) in [6.07, 6.45) is 2.56. The number of nitrogens with zero attached hydrogens (tertiary/aromatic N) is 2. The topological polar surface area (TPSA) is 41.7 Å². The number of hydrogen-bond acceptors (Lipinski definition) is 4. The lowest BCUT2D eigenvalue weighted by Gasteiger charge is -2.49. The van der Waals surface area contributed by atoms with E-state index in [0.29, 0.717) is 6.04 Å². The first-order chi connectivity index (χ1) is 11.8. The molecular weight excluding hydrogens is 298 g/mol. The Kier molecular flexibility index (Phi) is 3.20. The van der Waals surface area contributed by atoms with Crippen LogP contribution in [-0.2, 0) is 0 Å². The van der Waals surface area contributed by atoms with Gasteiger partial charge in [-0.1, -0.05) is 24.3 Å². The maximum Gasteiger partial charge on any atom is 0.199 e. The van der Waals surface area contributed by atoms with Gasteiger partial charge >= 0.3 is 0 Å². The highest BCUT2D eigenvalue weighted by atomic mass is 16.5. The Morgan fingerprint density at radius 2 is 1.71 bits per heavy atom. The molecule has 4 heterocycles. The van der Waals surface area contributed by atoms with Crippen molar-refractivity contribution in [2.24, 2.45) is 5.92 Å². The maximum absolute atomic E-state index is 6.37. The van der Waals surface area contributed by atoms with E-state index in [-0.39, 0.29) is 6.23 Å². The number of nitrogens with two attached hydrogens (primary N) is 1. The largest absolute Gasteiger partial charge is 0.464 e. The fourth-order valence-electron chi connectivity index (χ4n) is 4.56. The average Bonchev–Trinajstić information content (AvgIpc) is 3.02. The highest BCUT2D eigenvalue weighted by molar-refractivity contribution is 5.64. The quantitative estimate of drug-likeness (QED) is 0.862. The first kappa shape index (κ1) is 14.2. The van der Waals surface area contributed by atoms with Crippen molar-refractivity contribution in [3.63, 3.8) is 0 Å². The third kappa shape index (κ3) is 2.17. The maximum atomic E-state index is 6.37. The van der Waals surface area contributed by atoms with Gasteiger partial charge in [0, 0.05) is 23.8 Å². The molecule has 2 aromatic rings. The normalized spacial score (nSPS) is 30.9. The smallest absolute Gasteiger partial charge is 0.199 e. The second-order valence-corrected chi connectivity index (χ2v) is 7.22. The van der Waals surface area contributed by atoms with Crippen LogP contribution in [0.2, 0.25) is 0 Å². The molecule has 0 spiro atoms. The zero-order valence-electron chi connectivity index (χ0n) is 13.8. The van der Waals surface area contributed by atoms with Crippen LogP contribution in [0.3, 0.4) is 0 Å². The van der Waals surface area contributed by atoms with Crippen LogP contribution in [0.5, 0.6) is 5.75 Å². The highest BCUT2D eigenvalue weighted by Gasteiger charge is 2.44. The minimum atomic E-state index is -0.0476. The lowest BCUT2D eigenvalue weighted by atomic mass is 9.82. The summed E-state index contributed by atoms with van der Waals surface area (Å²) in [5.41, 5.74) is 9.08. The molecule has 0 aliphatic carbocycles. The lowest BCUT2D eigenvalue weighted by Crippen LogP contribution is -2.57. The second kappa shape index (κ2) is 5.42. The van der Waals surface area contributed by atoms with Gasteiger partial charge in [0.05, 0.1) is 5.69 Å². The van der Waals surface area contributed by atoms with Crippen molar-refractivity contribution in [3.05, 3.63) is 54.1 Å². The first-order valence-electron chi connectivity index (χ1n) is 8.91. The van der Waals surface area contributed by atoms with E-state index in [4.69, 9.17) is 10.5 Å². The zero-order valence-corrected chi connectivity index (χ0v) is 13.8. The molecule has 0 aromatic heterocycles. The molecule has 6 rings (SSSR count). The van der Waals surface area contributed by atoms with Gasteiger partial charge < -0.3 is 20.3 Å². The first-order valence-corrected chi connectivity index (χ1v) is 8.91. The Hall–Kier alpha value is -2.20. The number of piperidine rings is 3. The van der Waals surface area contributed by atoms with Crippen molar-refractivity contribution in [1.29, 1.82) is 0 Å². The summed E-state index contributed by atoms with van der Waals surface area (Å²) < 4.78 is 6.37. The fourth-order valence-corrected chi connectivity index (χ4v) is 4.56. The third-order valence-electron chi connectivity index (χ3n) is 5.84. The predicted molar refractivity (Wildman–Crippen MR) is 96.1 cm³/mol. The number of rotatable bonds is 2. The van der Waals surface area contributed by atoms with Crippen LogP contribution in [0.15, 0.2) is 48.5 Å². The third-order valence-corrected chi connectivity index (χ3v) is 5.84. The monoisotopic (exact) mass is 321 g/mol. The molecule has 124 valence electrons. The molecule has 0 saturated carbocycles. The Balaban J connectivity index is 1.56. The zero-order chi connectivity index (χ0) is 16.1. The Morgan fingerprint density at radius 1 is 0.958 bits per heavy atom. The van der Waals surface area contributed by atoms with E-state index in [1.807, 2.05) is 12.1 Å². The molecule has 24 heavy (non-hydrogen) atoms. The average molecular weight is 321 g/mol. The number of nitrogen functional groups attached to an aromatic ring is 1. The Labute approximate surface area is 142 Å². The van der Waals surface area contributed by atoms with Gasteiger partial charge in [-0.3, -0.25) is 0 Å². The molecule has 3 saturated heterocycles. The number of para-hydroxylation sites is 2. The number of fused-ring (bicyclic) bond motifs is 4. The van der Waals surface area contributed by atoms with Crippen molar-refractivity contribution < 1.29 is 4.74 Å².